The maximum Gasteiger partial charge on any atom is 0.211 e. The normalized spacial score (nSPS) is 17.6. The van der Waals surface area contributed by atoms with Crippen molar-refractivity contribution in [2.24, 2.45) is 0 Å². The molecule has 7 heteroatoms. The number of rotatable bonds is 5. The van der Waals surface area contributed by atoms with Gasteiger partial charge in [-0.1, -0.05) is 48.5 Å². The number of hydrogen-bond donors (Lipinski definition) is 1. The molecule has 0 saturated carbocycles. The van der Waals surface area contributed by atoms with Gasteiger partial charge in [-0.25, -0.2) is 8.42 Å². The summed E-state index contributed by atoms with van der Waals surface area (Å²) in [4.78, 5) is 18.9. The van der Waals surface area contributed by atoms with Gasteiger partial charge in [0, 0.05) is 48.8 Å². The first-order chi connectivity index (χ1) is 13.4. The number of aromatic amines is 1. The van der Waals surface area contributed by atoms with Crippen LogP contribution in [-0.2, 0) is 10.0 Å². The highest BCUT2D eigenvalue weighted by Gasteiger charge is 2.33. The van der Waals surface area contributed by atoms with Gasteiger partial charge in [0.25, 0.3) is 0 Å². The lowest BCUT2D eigenvalue weighted by Crippen LogP contribution is -2.50. The quantitative estimate of drug-likeness (QED) is 0.672. The number of ketones is 1. The van der Waals surface area contributed by atoms with Crippen molar-refractivity contribution in [3.8, 4) is 0 Å². The second-order valence-corrected chi connectivity index (χ2v) is 9.11. The highest BCUT2D eigenvalue weighted by Crippen LogP contribution is 2.29. The number of benzene rings is 2. The average molecular weight is 398 g/mol. The molecule has 0 bridgehead atoms. The SMILES string of the molecule is CS(=O)(=O)N1CCN([C@H](C(=O)c2c[nH]c3ccccc23)c2ccccc2)CC1. The summed E-state index contributed by atoms with van der Waals surface area (Å²) < 4.78 is 25.1. The molecule has 1 atom stereocenters. The molecule has 6 nitrogen and oxygen atoms in total. The fourth-order valence-corrected chi connectivity index (χ4v) is 4.71. The Morgan fingerprint density at radius 2 is 1.61 bits per heavy atom. The van der Waals surface area contributed by atoms with Gasteiger partial charge in [-0.2, -0.15) is 4.31 Å². The van der Waals surface area contributed by atoms with Crippen molar-refractivity contribution >= 4 is 26.7 Å². The summed E-state index contributed by atoms with van der Waals surface area (Å²) in [6.07, 6.45) is 3.00. The summed E-state index contributed by atoms with van der Waals surface area (Å²) in [6, 6.07) is 17.0. The minimum Gasteiger partial charge on any atom is -0.360 e. The van der Waals surface area contributed by atoms with E-state index >= 15 is 0 Å². The monoisotopic (exact) mass is 397 g/mol. The van der Waals surface area contributed by atoms with Crippen LogP contribution in [0.15, 0.2) is 60.8 Å². The number of sulfonamides is 1. The third kappa shape index (κ3) is 3.61. The third-order valence-electron chi connectivity index (χ3n) is 5.33. The number of Topliss-reactive ketones (excluding diaryl/α,β-unsaturated/α-hetero) is 1. The lowest BCUT2D eigenvalue weighted by molar-refractivity contribution is 0.0755. The van der Waals surface area contributed by atoms with E-state index in [0.717, 1.165) is 16.5 Å². The number of nitrogens with one attached hydrogen (secondary N) is 1. The molecule has 0 spiro atoms. The zero-order valence-electron chi connectivity index (χ0n) is 15.7. The van der Waals surface area contributed by atoms with Gasteiger partial charge in [-0.3, -0.25) is 9.69 Å². The van der Waals surface area contributed by atoms with Crippen molar-refractivity contribution in [1.29, 1.82) is 0 Å². The van der Waals surface area contributed by atoms with Crippen molar-refractivity contribution < 1.29 is 13.2 Å². The fourth-order valence-electron chi connectivity index (χ4n) is 3.88. The molecule has 28 heavy (non-hydrogen) atoms. The zero-order chi connectivity index (χ0) is 19.7. The number of piperazine rings is 1. The van der Waals surface area contributed by atoms with Crippen LogP contribution in [0.1, 0.15) is 22.0 Å². The topological polar surface area (TPSA) is 73.5 Å². The molecule has 2 heterocycles. The van der Waals surface area contributed by atoms with Crippen molar-refractivity contribution in [3.63, 3.8) is 0 Å². The van der Waals surface area contributed by atoms with Gasteiger partial charge in [0.1, 0.15) is 0 Å². The number of para-hydroxylation sites is 1. The van der Waals surface area contributed by atoms with Crippen LogP contribution < -0.4 is 0 Å². The van der Waals surface area contributed by atoms with E-state index in [0.29, 0.717) is 31.7 Å². The van der Waals surface area contributed by atoms with Crippen LogP contribution in [0.4, 0.5) is 0 Å². The predicted octanol–water partition coefficient (Wildman–Crippen LogP) is 2.67. The average Bonchev–Trinajstić information content (AvgIpc) is 3.13. The smallest absolute Gasteiger partial charge is 0.211 e. The minimum atomic E-state index is -3.22. The molecule has 1 N–H and O–H groups in total. The van der Waals surface area contributed by atoms with Gasteiger partial charge in [0.2, 0.25) is 10.0 Å². The summed E-state index contributed by atoms with van der Waals surface area (Å²) in [5, 5.41) is 0.906. The highest BCUT2D eigenvalue weighted by atomic mass is 32.2. The van der Waals surface area contributed by atoms with Crippen molar-refractivity contribution in [1.82, 2.24) is 14.2 Å². The number of aromatic nitrogens is 1. The standard InChI is InChI=1S/C21H23N3O3S/c1-28(26,27)24-13-11-23(12-14-24)20(16-7-3-2-4-8-16)21(25)18-15-22-19-10-6-5-9-17(18)19/h2-10,15,20,22H,11-14H2,1H3/t20-/m0/s1. The second-order valence-electron chi connectivity index (χ2n) is 7.12. The van der Waals surface area contributed by atoms with Gasteiger partial charge in [-0.15, -0.1) is 0 Å². The van der Waals surface area contributed by atoms with Gasteiger partial charge in [0.15, 0.2) is 5.78 Å². The maximum absolute atomic E-state index is 13.6. The van der Waals surface area contributed by atoms with Crippen molar-refractivity contribution in [2.75, 3.05) is 32.4 Å². The number of carbonyl (C=O) groups is 1. The molecule has 2 aromatic carbocycles. The van der Waals surface area contributed by atoms with E-state index < -0.39 is 16.1 Å². The second kappa shape index (κ2) is 7.50. The molecule has 0 radical (unpaired) electrons. The number of hydrogen-bond acceptors (Lipinski definition) is 4. The number of fused-ring (bicyclic) bond motifs is 1. The van der Waals surface area contributed by atoms with E-state index in [4.69, 9.17) is 0 Å². The third-order valence-corrected chi connectivity index (χ3v) is 6.63. The molecule has 0 unspecified atom stereocenters. The van der Waals surface area contributed by atoms with Crippen LogP contribution >= 0.6 is 0 Å². The summed E-state index contributed by atoms with van der Waals surface area (Å²) >= 11 is 0. The van der Waals surface area contributed by atoms with Crippen LogP contribution in [0.2, 0.25) is 0 Å². The van der Waals surface area contributed by atoms with Crippen LogP contribution in [0.5, 0.6) is 0 Å². The van der Waals surface area contributed by atoms with E-state index in [9.17, 15) is 13.2 Å². The molecule has 3 aromatic rings. The number of carbonyl (C=O) groups excluding carboxylic acids is 1. The van der Waals surface area contributed by atoms with Crippen LogP contribution in [0.25, 0.3) is 10.9 Å². The molecule has 0 amide bonds. The Balaban J connectivity index is 1.68. The fraction of sp³-hybridized carbons (Fsp3) is 0.286. The largest absolute Gasteiger partial charge is 0.360 e. The lowest BCUT2D eigenvalue weighted by Gasteiger charge is -2.37. The molecule has 1 aliphatic rings. The molecule has 1 aromatic heterocycles. The van der Waals surface area contributed by atoms with E-state index in [2.05, 4.69) is 9.88 Å². The summed E-state index contributed by atoms with van der Waals surface area (Å²) in [5.74, 6) is 0.0245. The van der Waals surface area contributed by atoms with Crippen molar-refractivity contribution in [2.45, 2.75) is 6.04 Å². The highest BCUT2D eigenvalue weighted by molar-refractivity contribution is 7.88. The van der Waals surface area contributed by atoms with Gasteiger partial charge >= 0.3 is 0 Å². The van der Waals surface area contributed by atoms with Crippen LogP contribution in [0.3, 0.4) is 0 Å². The first kappa shape index (κ1) is 18.9. The Hall–Kier alpha value is -2.48. The van der Waals surface area contributed by atoms with Crippen molar-refractivity contribution in [3.05, 3.63) is 71.9 Å². The first-order valence-electron chi connectivity index (χ1n) is 9.29. The molecular formula is C21H23N3O3S. The Morgan fingerprint density at radius 3 is 2.29 bits per heavy atom. The van der Waals surface area contributed by atoms with Gasteiger partial charge in [0.05, 0.1) is 12.3 Å². The summed E-state index contributed by atoms with van der Waals surface area (Å²) in [7, 11) is -3.22. The Bertz CT molecular complexity index is 1080. The first-order valence-corrected chi connectivity index (χ1v) is 11.1. The molecule has 4 rings (SSSR count). The summed E-state index contributed by atoms with van der Waals surface area (Å²) in [6.45, 7) is 1.81. The Morgan fingerprint density at radius 1 is 0.964 bits per heavy atom. The lowest BCUT2D eigenvalue weighted by atomic mass is 9.95. The molecule has 0 aliphatic carbocycles. The Kier molecular flexibility index (Phi) is 5.05. The van der Waals surface area contributed by atoms with Gasteiger partial charge < -0.3 is 4.98 Å². The number of nitrogens with zero attached hydrogens (tertiary/aromatic N) is 2. The Labute approximate surface area is 164 Å². The molecular weight excluding hydrogens is 374 g/mol. The molecule has 1 fully saturated rings. The maximum atomic E-state index is 13.6. The molecule has 146 valence electrons. The van der Waals surface area contributed by atoms with E-state index in [1.807, 2.05) is 54.6 Å². The molecule has 1 aliphatic heterocycles. The van der Waals surface area contributed by atoms with Crippen LogP contribution in [-0.4, -0.2) is 60.8 Å². The minimum absolute atomic E-state index is 0.0245. The predicted molar refractivity (Wildman–Crippen MR) is 110 cm³/mol. The summed E-state index contributed by atoms with van der Waals surface area (Å²) in [5.41, 5.74) is 2.51. The molecule has 1 saturated heterocycles. The number of H-pyrrole nitrogens is 1. The van der Waals surface area contributed by atoms with Crippen LogP contribution in [0, 0.1) is 0 Å². The van der Waals surface area contributed by atoms with E-state index in [1.165, 1.54) is 10.6 Å². The van der Waals surface area contributed by atoms with E-state index in [1.54, 1.807) is 6.20 Å². The zero-order valence-corrected chi connectivity index (χ0v) is 16.5. The van der Waals surface area contributed by atoms with E-state index in [-0.39, 0.29) is 5.78 Å². The van der Waals surface area contributed by atoms with Gasteiger partial charge in [-0.05, 0) is 11.6 Å².